The van der Waals surface area contributed by atoms with Crippen LogP contribution in [-0.4, -0.2) is 58.3 Å². The summed E-state index contributed by atoms with van der Waals surface area (Å²) in [5.74, 6) is 0. The minimum Gasteiger partial charge on any atom is -0.502 e. The maximum absolute atomic E-state index is 11.5. The monoisotopic (exact) mass is 402 g/mol. The fraction of sp³-hybridized carbons (Fsp3) is 0.800. The summed E-state index contributed by atoms with van der Waals surface area (Å²) in [7, 11) is 0. The Hall–Kier alpha value is -1.96. The Labute approximate surface area is 169 Å². The number of carbonyl (C=O) groups excluding carboxylic acids is 2. The fourth-order valence-corrected chi connectivity index (χ4v) is 2.16. The molecule has 0 spiro atoms. The number of unbranched alkanes of at least 4 members (excludes halogenated alkanes) is 5. The Morgan fingerprint density at radius 2 is 1.36 bits per heavy atom. The molecule has 0 aliphatic heterocycles. The Morgan fingerprint density at radius 3 is 1.96 bits per heavy atom. The SMILES string of the molecule is C=COCCCCOC(=O)NCCCCCCNC(=O)OCCOCCCC. The van der Waals surface area contributed by atoms with Gasteiger partial charge >= 0.3 is 12.2 Å². The summed E-state index contributed by atoms with van der Waals surface area (Å²) in [5.41, 5.74) is 0. The van der Waals surface area contributed by atoms with Crippen molar-refractivity contribution in [1.29, 1.82) is 0 Å². The van der Waals surface area contributed by atoms with Crippen molar-refractivity contribution in [3.63, 3.8) is 0 Å². The lowest BCUT2D eigenvalue weighted by Gasteiger charge is -2.08. The van der Waals surface area contributed by atoms with E-state index in [0.717, 1.165) is 51.4 Å². The summed E-state index contributed by atoms with van der Waals surface area (Å²) in [6.07, 6.45) is 8.02. The molecule has 0 aromatic heterocycles. The number of hydrogen-bond acceptors (Lipinski definition) is 6. The molecule has 0 rings (SSSR count). The van der Waals surface area contributed by atoms with Crippen LogP contribution in [0.3, 0.4) is 0 Å². The van der Waals surface area contributed by atoms with Crippen molar-refractivity contribution in [3.05, 3.63) is 12.8 Å². The van der Waals surface area contributed by atoms with Crippen LogP contribution in [0.4, 0.5) is 9.59 Å². The lowest BCUT2D eigenvalue weighted by Crippen LogP contribution is -2.27. The summed E-state index contributed by atoms with van der Waals surface area (Å²) in [6, 6.07) is 0. The summed E-state index contributed by atoms with van der Waals surface area (Å²) in [5, 5.41) is 5.44. The van der Waals surface area contributed by atoms with E-state index in [1.807, 2.05) is 0 Å². The Kier molecular flexibility index (Phi) is 19.8. The van der Waals surface area contributed by atoms with Crippen molar-refractivity contribution in [1.82, 2.24) is 10.6 Å². The maximum Gasteiger partial charge on any atom is 0.407 e. The molecule has 28 heavy (non-hydrogen) atoms. The first kappa shape index (κ1) is 26.0. The van der Waals surface area contributed by atoms with Crippen LogP contribution >= 0.6 is 0 Å². The molecule has 0 heterocycles. The third-order valence-electron chi connectivity index (χ3n) is 3.75. The first-order valence-corrected chi connectivity index (χ1v) is 10.3. The predicted molar refractivity (Wildman–Crippen MR) is 108 cm³/mol. The van der Waals surface area contributed by atoms with Crippen molar-refractivity contribution in [2.45, 2.75) is 58.3 Å². The summed E-state index contributed by atoms with van der Waals surface area (Å²) in [6.45, 7) is 9.13. The van der Waals surface area contributed by atoms with Gasteiger partial charge in [-0.1, -0.05) is 32.8 Å². The van der Waals surface area contributed by atoms with Crippen LogP contribution in [0.25, 0.3) is 0 Å². The number of ether oxygens (including phenoxy) is 4. The van der Waals surface area contributed by atoms with Gasteiger partial charge in [0.2, 0.25) is 0 Å². The topological polar surface area (TPSA) is 95.1 Å². The van der Waals surface area contributed by atoms with Gasteiger partial charge in [-0.2, -0.15) is 0 Å². The molecule has 0 saturated carbocycles. The highest BCUT2D eigenvalue weighted by atomic mass is 16.6. The van der Waals surface area contributed by atoms with E-state index in [0.29, 0.717) is 39.5 Å². The van der Waals surface area contributed by atoms with Gasteiger partial charge < -0.3 is 29.6 Å². The van der Waals surface area contributed by atoms with Crippen LogP contribution in [0.15, 0.2) is 12.8 Å². The van der Waals surface area contributed by atoms with Gasteiger partial charge in [0.05, 0.1) is 26.1 Å². The third kappa shape index (κ3) is 20.4. The molecule has 2 amide bonds. The molecule has 8 heteroatoms. The Morgan fingerprint density at radius 1 is 0.750 bits per heavy atom. The maximum atomic E-state index is 11.5. The molecule has 0 unspecified atom stereocenters. The van der Waals surface area contributed by atoms with E-state index in [2.05, 4.69) is 24.1 Å². The molecule has 0 saturated heterocycles. The van der Waals surface area contributed by atoms with Crippen molar-refractivity contribution in [2.75, 3.05) is 46.1 Å². The van der Waals surface area contributed by atoms with E-state index < -0.39 is 6.09 Å². The normalized spacial score (nSPS) is 10.2. The zero-order valence-corrected chi connectivity index (χ0v) is 17.3. The molecule has 2 N–H and O–H groups in total. The molecule has 0 radical (unpaired) electrons. The predicted octanol–water partition coefficient (Wildman–Crippen LogP) is 3.76. The van der Waals surface area contributed by atoms with Crippen LogP contribution < -0.4 is 10.6 Å². The average molecular weight is 403 g/mol. The number of carbonyl (C=O) groups is 2. The highest BCUT2D eigenvalue weighted by Gasteiger charge is 2.02. The quantitative estimate of drug-likeness (QED) is 0.252. The van der Waals surface area contributed by atoms with E-state index in [9.17, 15) is 9.59 Å². The minimum atomic E-state index is -0.403. The van der Waals surface area contributed by atoms with E-state index in [1.54, 1.807) is 0 Å². The number of nitrogens with one attached hydrogen (secondary N) is 2. The molecule has 164 valence electrons. The molecule has 0 aliphatic carbocycles. The number of rotatable bonds is 19. The molecule has 0 aromatic rings. The summed E-state index contributed by atoms with van der Waals surface area (Å²) < 4.78 is 20.3. The van der Waals surface area contributed by atoms with Crippen LogP contribution in [0.2, 0.25) is 0 Å². The molecular formula is C20H38N2O6. The van der Waals surface area contributed by atoms with Crippen LogP contribution in [0, 0.1) is 0 Å². The zero-order chi connectivity index (χ0) is 20.7. The molecule has 0 atom stereocenters. The van der Waals surface area contributed by atoms with Crippen LogP contribution in [0.1, 0.15) is 58.3 Å². The lowest BCUT2D eigenvalue weighted by atomic mass is 10.2. The van der Waals surface area contributed by atoms with E-state index in [-0.39, 0.29) is 12.7 Å². The van der Waals surface area contributed by atoms with Gasteiger partial charge in [-0.3, -0.25) is 0 Å². The summed E-state index contributed by atoms with van der Waals surface area (Å²) in [4.78, 5) is 22.9. The number of hydrogen-bond donors (Lipinski definition) is 2. The van der Waals surface area contributed by atoms with E-state index in [1.165, 1.54) is 6.26 Å². The largest absolute Gasteiger partial charge is 0.502 e. The standard InChI is InChI=1S/C20H38N2O6/c1-3-5-14-26-17-18-28-20(24)22-13-9-7-6-8-12-21-19(23)27-16-11-10-15-25-4-2/h4H,2-3,5-18H2,1H3,(H,21,23)(H,22,24). The first-order valence-electron chi connectivity index (χ1n) is 10.3. The highest BCUT2D eigenvalue weighted by Crippen LogP contribution is 1.98. The van der Waals surface area contributed by atoms with Crippen molar-refractivity contribution in [3.8, 4) is 0 Å². The second kappa shape index (κ2) is 21.3. The second-order valence-corrected chi connectivity index (χ2v) is 6.25. The number of amides is 2. The van der Waals surface area contributed by atoms with Gasteiger partial charge in [-0.25, -0.2) is 9.59 Å². The van der Waals surface area contributed by atoms with Crippen molar-refractivity contribution >= 4 is 12.2 Å². The smallest absolute Gasteiger partial charge is 0.407 e. The molecular weight excluding hydrogens is 364 g/mol. The second-order valence-electron chi connectivity index (χ2n) is 6.25. The van der Waals surface area contributed by atoms with Gasteiger partial charge in [0.25, 0.3) is 0 Å². The van der Waals surface area contributed by atoms with Gasteiger partial charge in [0.1, 0.15) is 6.61 Å². The van der Waals surface area contributed by atoms with Gasteiger partial charge in [-0.05, 0) is 32.1 Å². The molecule has 8 nitrogen and oxygen atoms in total. The zero-order valence-electron chi connectivity index (χ0n) is 17.3. The molecule has 0 fully saturated rings. The van der Waals surface area contributed by atoms with Crippen LogP contribution in [0.5, 0.6) is 0 Å². The van der Waals surface area contributed by atoms with Gasteiger partial charge in [-0.15, -0.1) is 0 Å². The van der Waals surface area contributed by atoms with Crippen LogP contribution in [-0.2, 0) is 18.9 Å². The number of alkyl carbamates (subject to hydrolysis) is 2. The first-order chi connectivity index (χ1) is 13.7. The molecule has 0 bridgehead atoms. The Bertz CT molecular complexity index is 393. The highest BCUT2D eigenvalue weighted by molar-refractivity contribution is 5.67. The lowest BCUT2D eigenvalue weighted by molar-refractivity contribution is 0.0715. The molecule has 0 aromatic carbocycles. The van der Waals surface area contributed by atoms with Gasteiger partial charge in [0.15, 0.2) is 0 Å². The van der Waals surface area contributed by atoms with Crippen molar-refractivity contribution < 1.29 is 28.5 Å². The fourth-order valence-electron chi connectivity index (χ4n) is 2.16. The average Bonchev–Trinajstić information content (AvgIpc) is 2.69. The Balaban J connectivity index is 3.26. The van der Waals surface area contributed by atoms with E-state index in [4.69, 9.17) is 18.9 Å². The third-order valence-corrected chi connectivity index (χ3v) is 3.75. The molecule has 0 aliphatic rings. The van der Waals surface area contributed by atoms with Crippen molar-refractivity contribution in [2.24, 2.45) is 0 Å². The minimum absolute atomic E-state index is 0.278. The van der Waals surface area contributed by atoms with E-state index >= 15 is 0 Å². The van der Waals surface area contributed by atoms with Gasteiger partial charge in [0, 0.05) is 19.7 Å². The summed E-state index contributed by atoms with van der Waals surface area (Å²) >= 11 is 0.